The Balaban J connectivity index is 2.51. The minimum atomic E-state index is -0.292. The van der Waals surface area contributed by atoms with Crippen LogP contribution in [0.3, 0.4) is 0 Å². The van der Waals surface area contributed by atoms with E-state index >= 15 is 0 Å². The molecule has 1 fully saturated rings. The lowest BCUT2D eigenvalue weighted by atomic mass is 9.97. The van der Waals surface area contributed by atoms with E-state index in [1.165, 1.54) is 6.42 Å². The summed E-state index contributed by atoms with van der Waals surface area (Å²) in [7, 11) is 0. The van der Waals surface area contributed by atoms with E-state index in [1.54, 1.807) is 11.8 Å². The van der Waals surface area contributed by atoms with Crippen LogP contribution >= 0.6 is 11.8 Å². The van der Waals surface area contributed by atoms with Crippen LogP contribution in [0.4, 0.5) is 0 Å². The first kappa shape index (κ1) is 14.8. The largest absolute Gasteiger partial charge is 0.338 e. The zero-order chi connectivity index (χ0) is 12.7. The summed E-state index contributed by atoms with van der Waals surface area (Å²) in [5.74, 6) is 1.15. The van der Waals surface area contributed by atoms with Crippen molar-refractivity contribution in [3.05, 3.63) is 0 Å². The molecule has 1 unspecified atom stereocenters. The number of rotatable bonds is 6. The highest BCUT2D eigenvalue weighted by Crippen LogP contribution is 2.21. The van der Waals surface area contributed by atoms with Gasteiger partial charge in [0.1, 0.15) is 0 Å². The van der Waals surface area contributed by atoms with E-state index in [4.69, 9.17) is 5.73 Å². The van der Waals surface area contributed by atoms with Crippen LogP contribution in [0.25, 0.3) is 0 Å². The Labute approximate surface area is 109 Å². The summed E-state index contributed by atoms with van der Waals surface area (Å²) in [6.45, 7) is 3.10. The number of hydrogen-bond acceptors (Lipinski definition) is 3. The topological polar surface area (TPSA) is 46.3 Å². The molecule has 0 aliphatic carbocycles. The van der Waals surface area contributed by atoms with Gasteiger partial charge >= 0.3 is 0 Å². The van der Waals surface area contributed by atoms with Gasteiger partial charge in [-0.3, -0.25) is 4.79 Å². The fourth-order valence-corrected chi connectivity index (χ4v) is 2.99. The number of carbonyl (C=O) groups excluding carboxylic acids is 1. The van der Waals surface area contributed by atoms with E-state index in [0.717, 1.165) is 44.4 Å². The predicted octanol–water partition coefficient (Wildman–Crippen LogP) is 2.25. The Morgan fingerprint density at radius 3 is 2.94 bits per heavy atom. The SMILES string of the molecule is CCCC1CCCCN1C(=O)[C@H](N)CCSC. The van der Waals surface area contributed by atoms with Gasteiger partial charge in [0.15, 0.2) is 0 Å². The Bertz CT molecular complexity index is 233. The molecule has 0 aromatic rings. The summed E-state index contributed by atoms with van der Waals surface area (Å²) in [4.78, 5) is 14.3. The monoisotopic (exact) mass is 258 g/mol. The molecule has 1 rings (SSSR count). The van der Waals surface area contributed by atoms with Crippen LogP contribution in [0.1, 0.15) is 45.4 Å². The van der Waals surface area contributed by atoms with Gasteiger partial charge < -0.3 is 10.6 Å². The smallest absolute Gasteiger partial charge is 0.239 e. The molecule has 1 aliphatic rings. The number of carbonyl (C=O) groups is 1. The lowest BCUT2D eigenvalue weighted by molar-refractivity contribution is -0.136. The van der Waals surface area contributed by atoms with Crippen molar-refractivity contribution in [1.29, 1.82) is 0 Å². The van der Waals surface area contributed by atoms with Gasteiger partial charge in [0.2, 0.25) is 5.91 Å². The maximum atomic E-state index is 12.3. The molecule has 3 nitrogen and oxygen atoms in total. The van der Waals surface area contributed by atoms with Crippen molar-refractivity contribution in [2.24, 2.45) is 5.73 Å². The average molecular weight is 258 g/mol. The van der Waals surface area contributed by atoms with E-state index in [2.05, 4.69) is 18.1 Å². The second-order valence-corrected chi connectivity index (χ2v) is 5.84. The van der Waals surface area contributed by atoms with Crippen LogP contribution in [0.2, 0.25) is 0 Å². The first-order chi connectivity index (χ1) is 8.20. The Hall–Kier alpha value is -0.220. The number of piperidine rings is 1. The minimum Gasteiger partial charge on any atom is -0.338 e. The molecule has 1 saturated heterocycles. The molecule has 2 N–H and O–H groups in total. The summed E-state index contributed by atoms with van der Waals surface area (Å²) in [5, 5.41) is 0. The molecule has 0 aromatic heterocycles. The highest BCUT2D eigenvalue weighted by molar-refractivity contribution is 7.98. The number of thioether (sulfide) groups is 1. The number of hydrogen-bond donors (Lipinski definition) is 1. The van der Waals surface area contributed by atoms with Crippen LogP contribution in [-0.2, 0) is 4.79 Å². The molecule has 100 valence electrons. The van der Waals surface area contributed by atoms with Gasteiger partial charge in [-0.05, 0) is 44.1 Å². The first-order valence-electron chi connectivity index (χ1n) is 6.75. The molecule has 0 aromatic carbocycles. The van der Waals surface area contributed by atoms with Crippen LogP contribution in [0.5, 0.6) is 0 Å². The molecule has 0 radical (unpaired) electrons. The van der Waals surface area contributed by atoms with E-state index < -0.39 is 0 Å². The molecule has 17 heavy (non-hydrogen) atoms. The van der Waals surface area contributed by atoms with Crippen LogP contribution in [-0.4, -0.2) is 41.4 Å². The third-order valence-electron chi connectivity index (χ3n) is 3.48. The number of nitrogens with two attached hydrogens (primary N) is 1. The Morgan fingerprint density at radius 2 is 2.29 bits per heavy atom. The Kier molecular flexibility index (Phi) is 6.97. The van der Waals surface area contributed by atoms with E-state index in [9.17, 15) is 4.79 Å². The van der Waals surface area contributed by atoms with E-state index in [1.807, 2.05) is 0 Å². The van der Waals surface area contributed by atoms with Crippen molar-refractivity contribution in [3.63, 3.8) is 0 Å². The highest BCUT2D eigenvalue weighted by atomic mass is 32.2. The predicted molar refractivity (Wildman–Crippen MR) is 75.2 cm³/mol. The van der Waals surface area contributed by atoms with E-state index in [-0.39, 0.29) is 11.9 Å². The second-order valence-electron chi connectivity index (χ2n) is 4.86. The van der Waals surface area contributed by atoms with Crippen LogP contribution in [0.15, 0.2) is 0 Å². The van der Waals surface area contributed by atoms with Gasteiger partial charge in [-0.2, -0.15) is 11.8 Å². The normalized spacial score (nSPS) is 22.5. The summed E-state index contributed by atoms with van der Waals surface area (Å²) in [6, 6.07) is 0.154. The zero-order valence-corrected chi connectivity index (χ0v) is 12.0. The van der Waals surface area contributed by atoms with Gasteiger partial charge in [0, 0.05) is 12.6 Å². The van der Waals surface area contributed by atoms with Crippen molar-refractivity contribution in [1.82, 2.24) is 4.90 Å². The summed E-state index contributed by atoms with van der Waals surface area (Å²) in [5.41, 5.74) is 5.99. The first-order valence-corrected chi connectivity index (χ1v) is 8.15. The maximum Gasteiger partial charge on any atom is 0.239 e. The van der Waals surface area contributed by atoms with Gasteiger partial charge in [-0.1, -0.05) is 13.3 Å². The van der Waals surface area contributed by atoms with Crippen molar-refractivity contribution in [2.45, 2.75) is 57.5 Å². The standard InChI is InChI=1S/C13H26N2OS/c1-3-6-11-7-4-5-9-15(11)13(16)12(14)8-10-17-2/h11-12H,3-10,14H2,1-2H3/t11?,12-/m1/s1. The fourth-order valence-electron chi connectivity index (χ4n) is 2.51. The molecule has 4 heteroatoms. The quantitative estimate of drug-likeness (QED) is 0.795. The van der Waals surface area contributed by atoms with Gasteiger partial charge in [-0.15, -0.1) is 0 Å². The number of nitrogens with zero attached hydrogens (tertiary/aromatic N) is 1. The highest BCUT2D eigenvalue weighted by Gasteiger charge is 2.28. The molecule has 1 heterocycles. The lowest BCUT2D eigenvalue weighted by Gasteiger charge is -2.37. The third-order valence-corrected chi connectivity index (χ3v) is 4.13. The van der Waals surface area contributed by atoms with Crippen molar-refractivity contribution in [3.8, 4) is 0 Å². The zero-order valence-electron chi connectivity index (χ0n) is 11.2. The summed E-state index contributed by atoms with van der Waals surface area (Å²) >= 11 is 1.75. The number of amides is 1. The van der Waals surface area contributed by atoms with E-state index in [0.29, 0.717) is 6.04 Å². The maximum absolute atomic E-state index is 12.3. The molecule has 2 atom stereocenters. The molecular weight excluding hydrogens is 232 g/mol. The van der Waals surface area contributed by atoms with Crippen molar-refractivity contribution >= 4 is 17.7 Å². The summed E-state index contributed by atoms with van der Waals surface area (Å²) in [6.07, 6.45) is 8.69. The molecule has 0 saturated carbocycles. The summed E-state index contributed by atoms with van der Waals surface area (Å²) < 4.78 is 0. The molecule has 1 amide bonds. The lowest BCUT2D eigenvalue weighted by Crippen LogP contribution is -2.50. The van der Waals surface area contributed by atoms with Gasteiger partial charge in [0.25, 0.3) is 0 Å². The van der Waals surface area contributed by atoms with Crippen molar-refractivity contribution < 1.29 is 4.79 Å². The van der Waals surface area contributed by atoms with Crippen molar-refractivity contribution in [2.75, 3.05) is 18.6 Å². The van der Waals surface area contributed by atoms with Gasteiger partial charge in [-0.25, -0.2) is 0 Å². The van der Waals surface area contributed by atoms with Crippen LogP contribution < -0.4 is 5.73 Å². The molecular formula is C13H26N2OS. The molecule has 0 spiro atoms. The fraction of sp³-hybridized carbons (Fsp3) is 0.923. The third kappa shape index (κ3) is 4.51. The minimum absolute atomic E-state index is 0.178. The Morgan fingerprint density at radius 1 is 1.53 bits per heavy atom. The average Bonchev–Trinajstić information content (AvgIpc) is 2.36. The molecule has 1 aliphatic heterocycles. The van der Waals surface area contributed by atoms with Crippen LogP contribution in [0, 0.1) is 0 Å². The molecule has 0 bridgehead atoms. The van der Waals surface area contributed by atoms with Gasteiger partial charge in [0.05, 0.1) is 6.04 Å². The second kappa shape index (κ2) is 7.98. The number of likely N-dealkylation sites (tertiary alicyclic amines) is 1.